The van der Waals surface area contributed by atoms with Gasteiger partial charge in [-0.1, -0.05) is 48.5 Å². The number of aromatic nitrogens is 1. The van der Waals surface area contributed by atoms with E-state index in [1.54, 1.807) is 6.20 Å². The molecule has 1 aromatic heterocycles. The third kappa shape index (κ3) is 5.39. The van der Waals surface area contributed by atoms with Gasteiger partial charge in [0.05, 0.1) is 11.1 Å². The molecule has 0 aliphatic heterocycles. The van der Waals surface area contributed by atoms with Gasteiger partial charge in [0.2, 0.25) is 0 Å². The first-order valence-corrected chi connectivity index (χ1v) is 9.69. The molecule has 0 bridgehead atoms. The SMILES string of the molecule is CN(C)CCCN(c1ccccc1Cc1ccccc1)c1cnccc1[N+](=O)[O-]. The van der Waals surface area contributed by atoms with Crippen LogP contribution in [-0.4, -0.2) is 42.0 Å². The predicted octanol–water partition coefficient (Wildman–Crippen LogP) is 4.67. The molecule has 0 aliphatic rings. The molecule has 0 amide bonds. The summed E-state index contributed by atoms with van der Waals surface area (Å²) in [6, 6.07) is 19.8. The van der Waals surface area contributed by atoms with Gasteiger partial charge in [-0.3, -0.25) is 15.1 Å². The molecule has 0 atom stereocenters. The van der Waals surface area contributed by atoms with Crippen LogP contribution in [0.25, 0.3) is 0 Å². The van der Waals surface area contributed by atoms with Gasteiger partial charge in [0.1, 0.15) is 5.69 Å². The fourth-order valence-electron chi connectivity index (χ4n) is 3.40. The van der Waals surface area contributed by atoms with E-state index in [0.717, 1.165) is 30.6 Å². The van der Waals surface area contributed by atoms with E-state index in [0.29, 0.717) is 12.2 Å². The number of rotatable bonds is 9. The molecule has 6 nitrogen and oxygen atoms in total. The molecule has 3 aromatic rings. The summed E-state index contributed by atoms with van der Waals surface area (Å²) in [6.45, 7) is 1.56. The molecule has 0 fully saturated rings. The second-order valence-electron chi connectivity index (χ2n) is 7.22. The molecule has 6 heteroatoms. The zero-order valence-corrected chi connectivity index (χ0v) is 16.9. The van der Waals surface area contributed by atoms with Gasteiger partial charge >= 0.3 is 0 Å². The number of anilines is 2. The summed E-state index contributed by atoms with van der Waals surface area (Å²) in [5.41, 5.74) is 3.90. The van der Waals surface area contributed by atoms with Crippen LogP contribution in [0.4, 0.5) is 17.1 Å². The topological polar surface area (TPSA) is 62.5 Å². The maximum absolute atomic E-state index is 11.7. The van der Waals surface area contributed by atoms with Gasteiger partial charge in [-0.2, -0.15) is 0 Å². The Morgan fingerprint density at radius 1 is 0.931 bits per heavy atom. The molecule has 0 radical (unpaired) electrons. The minimum Gasteiger partial charge on any atom is -0.334 e. The van der Waals surface area contributed by atoms with Crippen molar-refractivity contribution in [3.05, 3.63) is 94.3 Å². The minimum atomic E-state index is -0.338. The maximum atomic E-state index is 11.7. The van der Waals surface area contributed by atoms with E-state index in [4.69, 9.17) is 0 Å². The molecule has 3 rings (SSSR count). The molecule has 0 aliphatic carbocycles. The molecule has 0 saturated heterocycles. The molecule has 150 valence electrons. The van der Waals surface area contributed by atoms with Gasteiger partial charge in [-0.15, -0.1) is 0 Å². The Morgan fingerprint density at radius 2 is 1.66 bits per heavy atom. The van der Waals surface area contributed by atoms with Gasteiger partial charge in [-0.05, 0) is 50.7 Å². The van der Waals surface area contributed by atoms with Crippen molar-refractivity contribution in [2.45, 2.75) is 12.8 Å². The van der Waals surface area contributed by atoms with Gasteiger partial charge < -0.3 is 9.80 Å². The minimum absolute atomic E-state index is 0.0689. The number of nitro groups is 1. The van der Waals surface area contributed by atoms with Crippen LogP contribution >= 0.6 is 0 Å². The highest BCUT2D eigenvalue weighted by Gasteiger charge is 2.22. The normalized spacial score (nSPS) is 10.9. The first-order chi connectivity index (χ1) is 14.1. The number of hydrogen-bond acceptors (Lipinski definition) is 5. The zero-order chi connectivity index (χ0) is 20.6. The Balaban J connectivity index is 2.02. The van der Waals surface area contributed by atoms with Crippen molar-refractivity contribution in [2.75, 3.05) is 32.1 Å². The highest BCUT2D eigenvalue weighted by atomic mass is 16.6. The second kappa shape index (κ2) is 9.80. The lowest BCUT2D eigenvalue weighted by Gasteiger charge is -2.27. The zero-order valence-electron chi connectivity index (χ0n) is 16.9. The summed E-state index contributed by atoms with van der Waals surface area (Å²) in [7, 11) is 4.06. The van der Waals surface area contributed by atoms with E-state index in [1.807, 2.05) is 55.4 Å². The van der Waals surface area contributed by atoms with E-state index in [-0.39, 0.29) is 10.6 Å². The third-order valence-corrected chi connectivity index (χ3v) is 4.77. The van der Waals surface area contributed by atoms with Crippen LogP contribution in [0.2, 0.25) is 0 Å². The van der Waals surface area contributed by atoms with Gasteiger partial charge in [0.25, 0.3) is 5.69 Å². The summed E-state index contributed by atoms with van der Waals surface area (Å²) in [4.78, 5) is 19.6. The molecule has 29 heavy (non-hydrogen) atoms. The van der Waals surface area contributed by atoms with Crippen molar-refractivity contribution in [3.8, 4) is 0 Å². The van der Waals surface area contributed by atoms with Crippen LogP contribution in [0, 0.1) is 10.1 Å². The number of hydrogen-bond donors (Lipinski definition) is 0. The maximum Gasteiger partial charge on any atom is 0.296 e. The van der Waals surface area contributed by atoms with Crippen LogP contribution < -0.4 is 4.90 Å². The first kappa shape index (κ1) is 20.5. The largest absolute Gasteiger partial charge is 0.334 e. The van der Waals surface area contributed by atoms with Crippen LogP contribution in [0.1, 0.15) is 17.5 Å². The lowest BCUT2D eigenvalue weighted by Crippen LogP contribution is -2.25. The molecule has 0 unspecified atom stereocenters. The second-order valence-corrected chi connectivity index (χ2v) is 7.22. The van der Waals surface area contributed by atoms with Crippen molar-refractivity contribution in [1.82, 2.24) is 9.88 Å². The smallest absolute Gasteiger partial charge is 0.296 e. The molecule has 0 N–H and O–H groups in total. The Kier molecular flexibility index (Phi) is 6.92. The average Bonchev–Trinajstić information content (AvgIpc) is 2.72. The van der Waals surface area contributed by atoms with Gasteiger partial charge in [-0.25, -0.2) is 0 Å². The third-order valence-electron chi connectivity index (χ3n) is 4.77. The lowest BCUT2D eigenvalue weighted by atomic mass is 10.0. The van der Waals surface area contributed by atoms with E-state index < -0.39 is 0 Å². The van der Waals surface area contributed by atoms with Gasteiger partial charge in [0, 0.05) is 24.5 Å². The van der Waals surface area contributed by atoms with E-state index in [2.05, 4.69) is 28.1 Å². The molecule has 1 heterocycles. The standard InChI is InChI=1S/C23H26N4O2/c1-25(2)15-8-16-26(23-18-24-14-13-22(23)27(28)29)21-12-7-6-11-20(21)17-19-9-4-3-5-10-19/h3-7,9-14,18H,8,15-17H2,1-2H3. The Labute approximate surface area is 171 Å². The number of para-hydroxylation sites is 1. The Morgan fingerprint density at radius 3 is 2.38 bits per heavy atom. The van der Waals surface area contributed by atoms with Crippen LogP contribution in [-0.2, 0) is 6.42 Å². The summed E-state index contributed by atoms with van der Waals surface area (Å²) in [6.07, 6.45) is 4.69. The summed E-state index contributed by atoms with van der Waals surface area (Å²) in [5, 5.41) is 11.7. The Bertz CT molecular complexity index is 944. The van der Waals surface area contributed by atoms with Crippen molar-refractivity contribution in [3.63, 3.8) is 0 Å². The first-order valence-electron chi connectivity index (χ1n) is 9.69. The predicted molar refractivity (Wildman–Crippen MR) is 117 cm³/mol. The monoisotopic (exact) mass is 390 g/mol. The number of benzene rings is 2. The average molecular weight is 390 g/mol. The molecule has 2 aromatic carbocycles. The van der Waals surface area contributed by atoms with Crippen LogP contribution in [0.5, 0.6) is 0 Å². The quantitative estimate of drug-likeness (QED) is 0.392. The molecule has 0 spiro atoms. The van der Waals surface area contributed by atoms with E-state index in [1.165, 1.54) is 17.8 Å². The highest BCUT2D eigenvalue weighted by Crippen LogP contribution is 2.35. The van der Waals surface area contributed by atoms with Crippen molar-refractivity contribution >= 4 is 17.1 Å². The van der Waals surface area contributed by atoms with Crippen molar-refractivity contribution in [1.29, 1.82) is 0 Å². The lowest BCUT2D eigenvalue weighted by molar-refractivity contribution is -0.384. The van der Waals surface area contributed by atoms with E-state index >= 15 is 0 Å². The highest BCUT2D eigenvalue weighted by molar-refractivity contribution is 5.73. The summed E-state index contributed by atoms with van der Waals surface area (Å²) >= 11 is 0. The number of nitrogens with zero attached hydrogens (tertiary/aromatic N) is 4. The summed E-state index contributed by atoms with van der Waals surface area (Å²) in [5.74, 6) is 0. The van der Waals surface area contributed by atoms with Crippen LogP contribution in [0.15, 0.2) is 73.1 Å². The fraction of sp³-hybridized carbons (Fsp3) is 0.261. The number of pyridine rings is 1. The molecule has 0 saturated carbocycles. The molecular formula is C23H26N4O2. The van der Waals surface area contributed by atoms with Crippen molar-refractivity contribution in [2.24, 2.45) is 0 Å². The molecular weight excluding hydrogens is 364 g/mol. The fourth-order valence-corrected chi connectivity index (χ4v) is 3.40. The summed E-state index contributed by atoms with van der Waals surface area (Å²) < 4.78 is 0. The van der Waals surface area contributed by atoms with Crippen LogP contribution in [0.3, 0.4) is 0 Å². The van der Waals surface area contributed by atoms with Crippen molar-refractivity contribution < 1.29 is 4.92 Å². The van der Waals surface area contributed by atoms with Gasteiger partial charge in [0.15, 0.2) is 0 Å². The Hall–Kier alpha value is -3.25. The van der Waals surface area contributed by atoms with E-state index in [9.17, 15) is 10.1 Å².